The molecule has 1 amide bonds. The molecule has 0 heterocycles. The fraction of sp³-hybridized carbons (Fsp3) is 0.174. The van der Waals surface area contributed by atoms with Gasteiger partial charge in [0.25, 0.3) is 15.9 Å². The fourth-order valence-corrected chi connectivity index (χ4v) is 4.27. The van der Waals surface area contributed by atoms with Crippen LogP contribution in [-0.2, 0) is 14.8 Å². The largest absolute Gasteiger partial charge is 0.484 e. The molecule has 0 unspecified atom stereocenters. The van der Waals surface area contributed by atoms with Gasteiger partial charge in [-0.2, -0.15) is 0 Å². The number of para-hydroxylation sites is 1. The summed E-state index contributed by atoms with van der Waals surface area (Å²) in [5.41, 5.74) is 2.33. The van der Waals surface area contributed by atoms with Gasteiger partial charge in [-0.05, 0) is 67.4 Å². The number of sulfonamides is 1. The molecule has 0 radical (unpaired) electrons. The summed E-state index contributed by atoms with van der Waals surface area (Å²) >= 11 is 3.38. The van der Waals surface area contributed by atoms with Crippen molar-refractivity contribution in [2.75, 3.05) is 11.3 Å². The molecule has 0 fully saturated rings. The van der Waals surface area contributed by atoms with Crippen LogP contribution in [0.25, 0.3) is 0 Å². The number of ether oxygens (including phenoxy) is 1. The molecular weight excluding hydrogens is 480 g/mol. The standard InChI is InChI=1S/C23H23BrN2O4S/c1-16-5-3-4-6-22(16)26-31(28,29)21-13-11-20(12-14-21)30-15-23(27)25-17(2)18-7-9-19(24)10-8-18/h3-14,17,26H,15H2,1-2H3,(H,25,27)/t17-/m1/s1. The van der Waals surface area contributed by atoms with E-state index in [2.05, 4.69) is 26.0 Å². The minimum Gasteiger partial charge on any atom is -0.484 e. The van der Waals surface area contributed by atoms with E-state index in [0.29, 0.717) is 11.4 Å². The second-order valence-electron chi connectivity index (χ2n) is 7.02. The van der Waals surface area contributed by atoms with E-state index in [9.17, 15) is 13.2 Å². The van der Waals surface area contributed by atoms with Gasteiger partial charge in [-0.1, -0.05) is 46.3 Å². The summed E-state index contributed by atoms with van der Waals surface area (Å²) in [6.07, 6.45) is 0. The predicted octanol–water partition coefficient (Wildman–Crippen LogP) is 4.81. The zero-order chi connectivity index (χ0) is 22.4. The molecular formula is C23H23BrN2O4S. The Balaban J connectivity index is 1.56. The Kier molecular flexibility index (Phi) is 7.35. The van der Waals surface area contributed by atoms with E-state index in [-0.39, 0.29) is 23.5 Å². The number of nitrogens with one attached hydrogen (secondary N) is 2. The van der Waals surface area contributed by atoms with Gasteiger partial charge < -0.3 is 10.1 Å². The topological polar surface area (TPSA) is 84.5 Å². The number of aryl methyl sites for hydroxylation is 1. The zero-order valence-electron chi connectivity index (χ0n) is 17.1. The molecule has 0 aliphatic heterocycles. The number of hydrogen-bond acceptors (Lipinski definition) is 4. The Morgan fingerprint density at radius 1 is 1.00 bits per heavy atom. The molecule has 31 heavy (non-hydrogen) atoms. The first-order chi connectivity index (χ1) is 14.7. The second kappa shape index (κ2) is 9.98. The summed E-state index contributed by atoms with van der Waals surface area (Å²) in [4.78, 5) is 12.3. The van der Waals surface area contributed by atoms with Gasteiger partial charge in [-0.15, -0.1) is 0 Å². The Morgan fingerprint density at radius 3 is 2.29 bits per heavy atom. The Labute approximate surface area is 190 Å². The number of rotatable bonds is 8. The molecule has 1 atom stereocenters. The number of anilines is 1. The molecule has 0 saturated heterocycles. The first-order valence-corrected chi connectivity index (χ1v) is 11.9. The zero-order valence-corrected chi connectivity index (χ0v) is 19.5. The number of halogens is 1. The van der Waals surface area contributed by atoms with Gasteiger partial charge in [-0.25, -0.2) is 8.42 Å². The van der Waals surface area contributed by atoms with Crippen LogP contribution >= 0.6 is 15.9 Å². The lowest BCUT2D eigenvalue weighted by atomic mass is 10.1. The van der Waals surface area contributed by atoms with Crippen LogP contribution in [0.1, 0.15) is 24.1 Å². The third-order valence-electron chi connectivity index (χ3n) is 4.64. The average molecular weight is 503 g/mol. The van der Waals surface area contributed by atoms with Crippen LogP contribution in [0.4, 0.5) is 5.69 Å². The van der Waals surface area contributed by atoms with Crippen molar-refractivity contribution < 1.29 is 17.9 Å². The van der Waals surface area contributed by atoms with Crippen LogP contribution in [0, 0.1) is 6.92 Å². The first-order valence-electron chi connectivity index (χ1n) is 9.61. The number of carbonyl (C=O) groups is 1. The van der Waals surface area contributed by atoms with E-state index in [1.165, 1.54) is 24.3 Å². The van der Waals surface area contributed by atoms with Crippen molar-refractivity contribution >= 4 is 37.5 Å². The van der Waals surface area contributed by atoms with Crippen molar-refractivity contribution in [3.63, 3.8) is 0 Å². The second-order valence-corrected chi connectivity index (χ2v) is 9.62. The molecule has 3 aromatic rings. The predicted molar refractivity (Wildman–Crippen MR) is 125 cm³/mol. The molecule has 8 heteroatoms. The smallest absolute Gasteiger partial charge is 0.261 e. The van der Waals surface area contributed by atoms with Gasteiger partial charge in [0.2, 0.25) is 0 Å². The molecule has 0 aliphatic carbocycles. The molecule has 2 N–H and O–H groups in total. The maximum atomic E-state index is 12.6. The highest BCUT2D eigenvalue weighted by atomic mass is 79.9. The van der Waals surface area contributed by atoms with E-state index in [4.69, 9.17) is 4.74 Å². The van der Waals surface area contributed by atoms with E-state index in [1.54, 1.807) is 12.1 Å². The number of amides is 1. The van der Waals surface area contributed by atoms with Crippen molar-refractivity contribution in [2.45, 2.75) is 24.8 Å². The van der Waals surface area contributed by atoms with Gasteiger partial charge in [0.1, 0.15) is 5.75 Å². The summed E-state index contributed by atoms with van der Waals surface area (Å²) in [6.45, 7) is 3.55. The number of benzene rings is 3. The third-order valence-corrected chi connectivity index (χ3v) is 6.55. The molecule has 0 spiro atoms. The van der Waals surface area contributed by atoms with E-state index in [1.807, 2.05) is 50.2 Å². The molecule has 162 valence electrons. The average Bonchev–Trinajstić information content (AvgIpc) is 2.74. The van der Waals surface area contributed by atoms with Crippen LogP contribution in [-0.4, -0.2) is 20.9 Å². The van der Waals surface area contributed by atoms with E-state index < -0.39 is 10.0 Å². The highest BCUT2D eigenvalue weighted by Crippen LogP contribution is 2.21. The number of carbonyl (C=O) groups excluding carboxylic acids is 1. The van der Waals surface area contributed by atoms with Gasteiger partial charge in [0, 0.05) is 4.47 Å². The molecule has 0 bridgehead atoms. The Bertz CT molecular complexity index is 1150. The van der Waals surface area contributed by atoms with Crippen LogP contribution in [0.15, 0.2) is 82.2 Å². The molecule has 0 aromatic heterocycles. The molecule has 3 rings (SSSR count). The van der Waals surface area contributed by atoms with Crippen molar-refractivity contribution in [2.24, 2.45) is 0 Å². The lowest BCUT2D eigenvalue weighted by Gasteiger charge is -2.15. The summed E-state index contributed by atoms with van der Waals surface area (Å²) < 4.78 is 34.2. The monoisotopic (exact) mass is 502 g/mol. The summed E-state index contributed by atoms with van der Waals surface area (Å²) in [5, 5.41) is 2.87. The van der Waals surface area contributed by atoms with Crippen LogP contribution in [0.5, 0.6) is 5.75 Å². The quantitative estimate of drug-likeness (QED) is 0.462. The van der Waals surface area contributed by atoms with Crippen LogP contribution in [0.2, 0.25) is 0 Å². The first kappa shape index (κ1) is 22.8. The third kappa shape index (κ3) is 6.32. The maximum Gasteiger partial charge on any atom is 0.261 e. The highest BCUT2D eigenvalue weighted by molar-refractivity contribution is 9.10. The normalized spacial score (nSPS) is 12.1. The summed E-state index contributed by atoms with van der Waals surface area (Å²) in [6, 6.07) is 20.6. The molecule has 3 aromatic carbocycles. The molecule has 0 aliphatic rings. The Hall–Kier alpha value is -2.84. The van der Waals surface area contributed by atoms with Crippen molar-refractivity contribution in [3.8, 4) is 5.75 Å². The lowest BCUT2D eigenvalue weighted by molar-refractivity contribution is -0.123. The highest BCUT2D eigenvalue weighted by Gasteiger charge is 2.15. The SMILES string of the molecule is Cc1ccccc1NS(=O)(=O)c1ccc(OCC(=O)N[C@H](C)c2ccc(Br)cc2)cc1. The van der Waals surface area contributed by atoms with E-state index in [0.717, 1.165) is 15.6 Å². The van der Waals surface area contributed by atoms with Crippen molar-refractivity contribution in [1.82, 2.24) is 5.32 Å². The molecule has 6 nitrogen and oxygen atoms in total. The molecule has 0 saturated carbocycles. The van der Waals surface area contributed by atoms with Crippen molar-refractivity contribution in [3.05, 3.63) is 88.4 Å². The fourth-order valence-electron chi connectivity index (χ4n) is 2.87. The van der Waals surface area contributed by atoms with Gasteiger partial charge in [-0.3, -0.25) is 9.52 Å². The van der Waals surface area contributed by atoms with Gasteiger partial charge >= 0.3 is 0 Å². The van der Waals surface area contributed by atoms with Crippen molar-refractivity contribution in [1.29, 1.82) is 0 Å². The summed E-state index contributed by atoms with van der Waals surface area (Å²) in [7, 11) is -3.72. The minimum atomic E-state index is -3.72. The van der Waals surface area contributed by atoms with Gasteiger partial charge in [0.05, 0.1) is 16.6 Å². The number of hydrogen-bond donors (Lipinski definition) is 2. The summed E-state index contributed by atoms with van der Waals surface area (Å²) in [5.74, 6) is 0.134. The van der Waals surface area contributed by atoms with Gasteiger partial charge in [0.15, 0.2) is 6.61 Å². The lowest BCUT2D eigenvalue weighted by Crippen LogP contribution is -2.31. The van der Waals surface area contributed by atoms with Crippen LogP contribution in [0.3, 0.4) is 0 Å². The van der Waals surface area contributed by atoms with E-state index >= 15 is 0 Å². The maximum absolute atomic E-state index is 12.6. The van der Waals surface area contributed by atoms with Crippen LogP contribution < -0.4 is 14.8 Å². The Morgan fingerprint density at radius 2 is 1.65 bits per heavy atom. The minimum absolute atomic E-state index is 0.108.